The highest BCUT2D eigenvalue weighted by Crippen LogP contribution is 2.19. The first kappa shape index (κ1) is 8.42. The van der Waals surface area contributed by atoms with Gasteiger partial charge in [-0.05, 0) is 31.2 Å². The van der Waals surface area contributed by atoms with Crippen molar-refractivity contribution in [1.29, 1.82) is 0 Å². The predicted molar refractivity (Wildman–Crippen MR) is 52.2 cm³/mol. The van der Waals surface area contributed by atoms with E-state index in [9.17, 15) is 0 Å². The van der Waals surface area contributed by atoms with Gasteiger partial charge in [0.1, 0.15) is 5.82 Å². The van der Waals surface area contributed by atoms with Crippen LogP contribution in [0.4, 0.5) is 0 Å². The minimum absolute atomic E-state index is 0.663. The Labute approximate surface area is 78.7 Å². The molecule has 2 nitrogen and oxygen atoms in total. The van der Waals surface area contributed by atoms with Crippen molar-refractivity contribution in [1.82, 2.24) is 9.97 Å². The van der Waals surface area contributed by atoms with Crippen molar-refractivity contribution < 1.29 is 0 Å². The monoisotopic (exact) mass is 174 g/mol. The molecule has 0 saturated heterocycles. The molecule has 1 aliphatic rings. The molecule has 0 saturated carbocycles. The van der Waals surface area contributed by atoms with E-state index in [-0.39, 0.29) is 0 Å². The third kappa shape index (κ3) is 2.38. The highest BCUT2D eigenvalue weighted by molar-refractivity contribution is 4.99. The van der Waals surface area contributed by atoms with E-state index in [0.29, 0.717) is 5.92 Å². The molecule has 2 rings (SSSR count). The van der Waals surface area contributed by atoms with Gasteiger partial charge in [-0.1, -0.05) is 12.2 Å². The summed E-state index contributed by atoms with van der Waals surface area (Å²) in [5.74, 6) is 1.63. The lowest BCUT2D eigenvalue weighted by molar-refractivity contribution is 0.526. The van der Waals surface area contributed by atoms with Crippen LogP contribution < -0.4 is 0 Å². The van der Waals surface area contributed by atoms with Crippen LogP contribution >= 0.6 is 0 Å². The SMILES string of the molecule is C1=C[C@H](Cc2ncccn2)CCC1. The van der Waals surface area contributed by atoms with E-state index in [4.69, 9.17) is 0 Å². The molecule has 0 fully saturated rings. The first-order valence-corrected chi connectivity index (χ1v) is 4.88. The second kappa shape index (κ2) is 4.17. The Balaban J connectivity index is 1.98. The highest BCUT2D eigenvalue weighted by atomic mass is 14.8. The van der Waals surface area contributed by atoms with Gasteiger partial charge in [0.15, 0.2) is 0 Å². The van der Waals surface area contributed by atoms with Crippen molar-refractivity contribution in [2.24, 2.45) is 5.92 Å². The fourth-order valence-electron chi connectivity index (χ4n) is 1.72. The van der Waals surface area contributed by atoms with Gasteiger partial charge in [-0.15, -0.1) is 0 Å². The zero-order valence-corrected chi connectivity index (χ0v) is 7.69. The smallest absolute Gasteiger partial charge is 0.128 e. The summed E-state index contributed by atoms with van der Waals surface area (Å²) in [6, 6.07) is 1.86. The average Bonchev–Trinajstić information content (AvgIpc) is 2.21. The van der Waals surface area contributed by atoms with E-state index in [1.807, 2.05) is 18.5 Å². The highest BCUT2D eigenvalue weighted by Gasteiger charge is 2.09. The van der Waals surface area contributed by atoms with Crippen LogP contribution in [-0.4, -0.2) is 9.97 Å². The molecular weight excluding hydrogens is 160 g/mol. The normalized spacial score (nSPS) is 21.7. The zero-order chi connectivity index (χ0) is 8.93. The van der Waals surface area contributed by atoms with Gasteiger partial charge in [-0.25, -0.2) is 9.97 Å². The third-order valence-corrected chi connectivity index (χ3v) is 2.42. The molecular formula is C11H14N2. The Morgan fingerprint density at radius 2 is 2.15 bits per heavy atom. The van der Waals surface area contributed by atoms with Crippen LogP contribution in [-0.2, 0) is 6.42 Å². The maximum atomic E-state index is 4.23. The Morgan fingerprint density at radius 1 is 1.31 bits per heavy atom. The van der Waals surface area contributed by atoms with Gasteiger partial charge in [-0.3, -0.25) is 0 Å². The van der Waals surface area contributed by atoms with Crippen LogP contribution in [0.3, 0.4) is 0 Å². The lowest BCUT2D eigenvalue weighted by atomic mass is 9.93. The first-order chi connectivity index (χ1) is 6.45. The molecule has 0 bridgehead atoms. The Morgan fingerprint density at radius 3 is 2.85 bits per heavy atom. The summed E-state index contributed by atoms with van der Waals surface area (Å²) in [7, 11) is 0. The van der Waals surface area contributed by atoms with Crippen molar-refractivity contribution in [2.75, 3.05) is 0 Å². The molecule has 1 aromatic rings. The lowest BCUT2D eigenvalue weighted by Gasteiger charge is -2.14. The molecule has 0 unspecified atom stereocenters. The molecule has 0 aliphatic heterocycles. The standard InChI is InChI=1S/C11H14N2/c1-2-5-10(6-3-1)9-11-12-7-4-8-13-11/h2,4-5,7-8,10H,1,3,6,9H2/t10-/m0/s1. The van der Waals surface area contributed by atoms with E-state index in [2.05, 4.69) is 22.1 Å². The maximum absolute atomic E-state index is 4.23. The second-order valence-corrected chi connectivity index (χ2v) is 3.49. The van der Waals surface area contributed by atoms with Gasteiger partial charge in [0, 0.05) is 18.8 Å². The number of hydrogen-bond acceptors (Lipinski definition) is 2. The predicted octanol–water partition coefficient (Wildman–Crippen LogP) is 2.38. The molecule has 1 aliphatic carbocycles. The number of allylic oxidation sites excluding steroid dienone is 2. The van der Waals surface area contributed by atoms with Crippen LogP contribution in [0.25, 0.3) is 0 Å². The van der Waals surface area contributed by atoms with Crippen molar-refractivity contribution in [3.05, 3.63) is 36.4 Å². The molecule has 68 valence electrons. The molecule has 1 aromatic heterocycles. The summed E-state index contributed by atoms with van der Waals surface area (Å²) >= 11 is 0. The Kier molecular flexibility index (Phi) is 2.70. The fraction of sp³-hybridized carbons (Fsp3) is 0.455. The molecule has 2 heteroatoms. The molecule has 1 heterocycles. The topological polar surface area (TPSA) is 25.8 Å². The molecule has 13 heavy (non-hydrogen) atoms. The zero-order valence-electron chi connectivity index (χ0n) is 7.69. The number of aromatic nitrogens is 2. The Hall–Kier alpha value is -1.18. The van der Waals surface area contributed by atoms with Gasteiger partial charge < -0.3 is 0 Å². The molecule has 0 radical (unpaired) electrons. The number of nitrogens with zero attached hydrogens (tertiary/aromatic N) is 2. The number of rotatable bonds is 2. The summed E-state index contributed by atoms with van der Waals surface area (Å²) in [5, 5.41) is 0. The van der Waals surface area contributed by atoms with E-state index in [1.54, 1.807) is 0 Å². The lowest BCUT2D eigenvalue weighted by Crippen LogP contribution is -2.07. The average molecular weight is 174 g/mol. The second-order valence-electron chi connectivity index (χ2n) is 3.49. The van der Waals surface area contributed by atoms with Crippen LogP contribution in [0.2, 0.25) is 0 Å². The quantitative estimate of drug-likeness (QED) is 0.643. The Bertz CT molecular complexity index is 279. The minimum atomic E-state index is 0.663. The van der Waals surface area contributed by atoms with E-state index in [1.165, 1.54) is 19.3 Å². The molecule has 0 amide bonds. The van der Waals surface area contributed by atoms with Gasteiger partial charge in [0.25, 0.3) is 0 Å². The first-order valence-electron chi connectivity index (χ1n) is 4.88. The summed E-state index contributed by atoms with van der Waals surface area (Å²) in [6.45, 7) is 0. The summed E-state index contributed by atoms with van der Waals surface area (Å²) in [5.41, 5.74) is 0. The summed E-state index contributed by atoms with van der Waals surface area (Å²) in [4.78, 5) is 8.46. The van der Waals surface area contributed by atoms with Crippen LogP contribution in [0.1, 0.15) is 25.1 Å². The van der Waals surface area contributed by atoms with Crippen LogP contribution in [0.15, 0.2) is 30.6 Å². The largest absolute Gasteiger partial charge is 0.241 e. The summed E-state index contributed by atoms with van der Waals surface area (Å²) in [6.07, 6.45) is 13.0. The van der Waals surface area contributed by atoms with E-state index in [0.717, 1.165) is 12.2 Å². The third-order valence-electron chi connectivity index (χ3n) is 2.42. The molecule has 1 atom stereocenters. The minimum Gasteiger partial charge on any atom is -0.241 e. The molecule has 0 spiro atoms. The van der Waals surface area contributed by atoms with Crippen molar-refractivity contribution in [2.45, 2.75) is 25.7 Å². The molecule has 0 N–H and O–H groups in total. The van der Waals surface area contributed by atoms with Gasteiger partial charge >= 0.3 is 0 Å². The fourth-order valence-corrected chi connectivity index (χ4v) is 1.72. The van der Waals surface area contributed by atoms with Crippen molar-refractivity contribution in [3.8, 4) is 0 Å². The van der Waals surface area contributed by atoms with Gasteiger partial charge in [0.05, 0.1) is 0 Å². The van der Waals surface area contributed by atoms with E-state index < -0.39 is 0 Å². The van der Waals surface area contributed by atoms with Gasteiger partial charge in [-0.2, -0.15) is 0 Å². The van der Waals surface area contributed by atoms with Gasteiger partial charge in [0.2, 0.25) is 0 Å². The number of hydrogen-bond donors (Lipinski definition) is 0. The van der Waals surface area contributed by atoms with Crippen molar-refractivity contribution in [3.63, 3.8) is 0 Å². The van der Waals surface area contributed by atoms with Crippen LogP contribution in [0.5, 0.6) is 0 Å². The molecule has 0 aromatic carbocycles. The van der Waals surface area contributed by atoms with Crippen LogP contribution in [0, 0.1) is 5.92 Å². The summed E-state index contributed by atoms with van der Waals surface area (Å²) < 4.78 is 0. The maximum Gasteiger partial charge on any atom is 0.128 e. The van der Waals surface area contributed by atoms with Crippen molar-refractivity contribution >= 4 is 0 Å². The van der Waals surface area contributed by atoms with E-state index >= 15 is 0 Å².